The lowest BCUT2D eigenvalue weighted by atomic mass is 10.0. The third-order valence-electron chi connectivity index (χ3n) is 3.18. The van der Waals surface area contributed by atoms with Crippen molar-refractivity contribution in [3.05, 3.63) is 0 Å². The third kappa shape index (κ3) is 4.62. The number of rotatable bonds is 5. The molecule has 0 aromatic carbocycles. The summed E-state index contributed by atoms with van der Waals surface area (Å²) in [5.74, 6) is -0.00613. The number of carbonyl (C=O) groups excluding carboxylic acids is 2. The summed E-state index contributed by atoms with van der Waals surface area (Å²) in [5.41, 5.74) is 5.50. The zero-order chi connectivity index (χ0) is 13.5. The molecule has 6 nitrogen and oxygen atoms in total. The van der Waals surface area contributed by atoms with Crippen LogP contribution in [0.15, 0.2) is 0 Å². The summed E-state index contributed by atoms with van der Waals surface area (Å²) in [4.78, 5) is 24.8. The van der Waals surface area contributed by atoms with Gasteiger partial charge in [0.2, 0.25) is 11.8 Å². The Labute approximate surface area is 108 Å². The van der Waals surface area contributed by atoms with E-state index in [9.17, 15) is 9.59 Å². The van der Waals surface area contributed by atoms with Crippen LogP contribution in [0, 0.1) is 0 Å². The molecule has 1 fully saturated rings. The van der Waals surface area contributed by atoms with E-state index in [4.69, 9.17) is 10.5 Å². The normalized spacial score (nSPS) is 21.5. The highest BCUT2D eigenvalue weighted by Crippen LogP contribution is 2.12. The summed E-state index contributed by atoms with van der Waals surface area (Å²) in [7, 11) is 1.56. The molecule has 104 valence electrons. The summed E-state index contributed by atoms with van der Waals surface area (Å²) < 4.78 is 5.11. The minimum atomic E-state index is -0.223. The molecule has 1 heterocycles. The van der Waals surface area contributed by atoms with Gasteiger partial charge >= 0.3 is 0 Å². The van der Waals surface area contributed by atoms with E-state index in [1.165, 1.54) is 6.92 Å². The van der Waals surface area contributed by atoms with E-state index in [1.807, 2.05) is 0 Å². The number of nitrogens with two attached hydrogens (primary N) is 1. The third-order valence-corrected chi connectivity index (χ3v) is 3.18. The number of nitrogens with one attached hydrogen (secondary N) is 1. The number of hydrogen-bond donors (Lipinski definition) is 2. The van der Waals surface area contributed by atoms with Crippen LogP contribution in [0.3, 0.4) is 0 Å². The average Bonchev–Trinajstić information content (AvgIpc) is 2.35. The topological polar surface area (TPSA) is 84.7 Å². The Morgan fingerprint density at radius 2 is 2.28 bits per heavy atom. The SMILES string of the molecule is COC(CN)CC(=O)N1CCCC(NC(C)=O)C1. The molecule has 3 N–H and O–H groups in total. The molecule has 1 saturated heterocycles. The van der Waals surface area contributed by atoms with Crippen molar-refractivity contribution in [2.45, 2.75) is 38.3 Å². The number of piperidine rings is 1. The van der Waals surface area contributed by atoms with Gasteiger partial charge in [-0.3, -0.25) is 9.59 Å². The first kappa shape index (κ1) is 14.9. The molecule has 0 aromatic rings. The smallest absolute Gasteiger partial charge is 0.225 e. The molecule has 0 spiro atoms. The first-order valence-corrected chi connectivity index (χ1v) is 6.34. The number of nitrogens with zero attached hydrogens (tertiary/aromatic N) is 1. The predicted molar refractivity (Wildman–Crippen MR) is 67.9 cm³/mol. The zero-order valence-corrected chi connectivity index (χ0v) is 11.1. The van der Waals surface area contributed by atoms with Crippen molar-refractivity contribution in [3.63, 3.8) is 0 Å². The van der Waals surface area contributed by atoms with Crippen LogP contribution in [0.25, 0.3) is 0 Å². The molecule has 0 radical (unpaired) electrons. The van der Waals surface area contributed by atoms with Gasteiger partial charge in [-0.25, -0.2) is 0 Å². The number of methoxy groups -OCH3 is 1. The van der Waals surface area contributed by atoms with Crippen LogP contribution in [0.4, 0.5) is 0 Å². The highest BCUT2D eigenvalue weighted by atomic mass is 16.5. The number of carbonyl (C=O) groups is 2. The van der Waals surface area contributed by atoms with Gasteiger partial charge in [-0.15, -0.1) is 0 Å². The zero-order valence-electron chi connectivity index (χ0n) is 11.1. The van der Waals surface area contributed by atoms with Gasteiger partial charge in [0, 0.05) is 39.7 Å². The largest absolute Gasteiger partial charge is 0.380 e. The maximum absolute atomic E-state index is 12.0. The summed E-state index contributed by atoms with van der Waals surface area (Å²) >= 11 is 0. The van der Waals surface area contributed by atoms with Crippen LogP contribution in [0.5, 0.6) is 0 Å². The molecule has 1 aliphatic rings. The number of amides is 2. The molecular formula is C12H23N3O3. The van der Waals surface area contributed by atoms with Crippen molar-refractivity contribution in [1.29, 1.82) is 0 Å². The Hall–Kier alpha value is -1.14. The van der Waals surface area contributed by atoms with E-state index in [0.717, 1.165) is 19.4 Å². The molecule has 0 aliphatic carbocycles. The summed E-state index contributed by atoms with van der Waals surface area (Å²) in [5, 5.41) is 2.86. The maximum atomic E-state index is 12.0. The molecular weight excluding hydrogens is 234 g/mol. The molecule has 0 aromatic heterocycles. The standard InChI is InChI=1S/C12H23N3O3/c1-9(16)14-10-4-3-5-15(8-10)12(17)6-11(7-13)18-2/h10-11H,3-8,13H2,1-2H3,(H,14,16). The molecule has 18 heavy (non-hydrogen) atoms. The lowest BCUT2D eigenvalue weighted by molar-refractivity contribution is -0.135. The number of hydrogen-bond acceptors (Lipinski definition) is 4. The van der Waals surface area contributed by atoms with E-state index < -0.39 is 0 Å². The Morgan fingerprint density at radius 3 is 2.83 bits per heavy atom. The van der Waals surface area contributed by atoms with Crippen LogP contribution < -0.4 is 11.1 Å². The second-order valence-electron chi connectivity index (χ2n) is 4.68. The average molecular weight is 257 g/mol. The van der Waals surface area contributed by atoms with E-state index >= 15 is 0 Å². The van der Waals surface area contributed by atoms with E-state index in [-0.39, 0.29) is 24.0 Å². The molecule has 6 heteroatoms. The highest BCUT2D eigenvalue weighted by molar-refractivity contribution is 5.77. The Bertz CT molecular complexity index is 292. The van der Waals surface area contributed by atoms with Crippen molar-refractivity contribution >= 4 is 11.8 Å². The molecule has 0 saturated carbocycles. The quantitative estimate of drug-likeness (QED) is 0.694. The first-order valence-electron chi connectivity index (χ1n) is 6.34. The van der Waals surface area contributed by atoms with Gasteiger partial charge in [-0.2, -0.15) is 0 Å². The van der Waals surface area contributed by atoms with Gasteiger partial charge in [0.1, 0.15) is 0 Å². The van der Waals surface area contributed by atoms with Crippen molar-refractivity contribution in [2.24, 2.45) is 5.73 Å². The highest BCUT2D eigenvalue weighted by Gasteiger charge is 2.25. The van der Waals surface area contributed by atoms with E-state index in [1.54, 1.807) is 12.0 Å². The Morgan fingerprint density at radius 1 is 1.56 bits per heavy atom. The van der Waals surface area contributed by atoms with Crippen molar-refractivity contribution < 1.29 is 14.3 Å². The lowest BCUT2D eigenvalue weighted by Gasteiger charge is -2.33. The first-order chi connectivity index (χ1) is 8.56. The fourth-order valence-electron chi connectivity index (χ4n) is 2.20. The van der Waals surface area contributed by atoms with Gasteiger partial charge in [0.05, 0.1) is 12.5 Å². The second kappa shape index (κ2) is 7.33. The lowest BCUT2D eigenvalue weighted by Crippen LogP contribution is -2.50. The van der Waals surface area contributed by atoms with Gasteiger partial charge < -0.3 is 20.7 Å². The predicted octanol–water partition coefficient (Wildman–Crippen LogP) is -0.523. The van der Waals surface area contributed by atoms with Crippen molar-refractivity contribution in [1.82, 2.24) is 10.2 Å². The number of likely N-dealkylation sites (tertiary alicyclic amines) is 1. The second-order valence-corrected chi connectivity index (χ2v) is 4.68. The Balaban J connectivity index is 2.45. The maximum Gasteiger partial charge on any atom is 0.225 e. The molecule has 2 atom stereocenters. The van der Waals surface area contributed by atoms with Gasteiger partial charge in [0.15, 0.2) is 0 Å². The van der Waals surface area contributed by atoms with Crippen molar-refractivity contribution in [2.75, 3.05) is 26.7 Å². The fourth-order valence-corrected chi connectivity index (χ4v) is 2.20. The summed E-state index contributed by atoms with van der Waals surface area (Å²) in [6, 6.07) is 0.0686. The minimum absolute atomic E-state index is 0.0438. The van der Waals surface area contributed by atoms with E-state index in [2.05, 4.69) is 5.32 Å². The molecule has 2 unspecified atom stereocenters. The molecule has 2 amide bonds. The molecule has 1 rings (SSSR count). The monoisotopic (exact) mass is 257 g/mol. The van der Waals surface area contributed by atoms with Crippen LogP contribution in [-0.4, -0.2) is 55.6 Å². The summed E-state index contributed by atoms with van der Waals surface area (Å²) in [6.07, 6.45) is 1.92. The van der Waals surface area contributed by atoms with Gasteiger partial charge in [0.25, 0.3) is 0 Å². The van der Waals surface area contributed by atoms with Crippen LogP contribution in [0.1, 0.15) is 26.2 Å². The van der Waals surface area contributed by atoms with Crippen LogP contribution in [-0.2, 0) is 14.3 Å². The van der Waals surface area contributed by atoms with Crippen molar-refractivity contribution in [3.8, 4) is 0 Å². The van der Waals surface area contributed by atoms with E-state index in [0.29, 0.717) is 19.5 Å². The fraction of sp³-hybridized carbons (Fsp3) is 0.833. The Kier molecular flexibility index (Phi) is 6.07. The van der Waals surface area contributed by atoms with Crippen LogP contribution >= 0.6 is 0 Å². The molecule has 0 bridgehead atoms. The molecule has 1 aliphatic heterocycles. The van der Waals surface area contributed by atoms with Gasteiger partial charge in [-0.1, -0.05) is 0 Å². The van der Waals surface area contributed by atoms with Gasteiger partial charge in [-0.05, 0) is 12.8 Å². The number of ether oxygens (including phenoxy) is 1. The van der Waals surface area contributed by atoms with Crippen LogP contribution in [0.2, 0.25) is 0 Å². The summed E-state index contributed by atoms with van der Waals surface area (Å²) in [6.45, 7) is 3.16. The minimum Gasteiger partial charge on any atom is -0.380 e.